The van der Waals surface area contributed by atoms with Crippen LogP contribution in [0, 0.1) is 24.2 Å². The lowest BCUT2D eigenvalue weighted by Gasteiger charge is -2.37. The van der Waals surface area contributed by atoms with Gasteiger partial charge in [0.25, 0.3) is 0 Å². The Morgan fingerprint density at radius 3 is 2.49 bits per heavy atom. The van der Waals surface area contributed by atoms with E-state index in [9.17, 15) is 18.8 Å². The summed E-state index contributed by atoms with van der Waals surface area (Å²) in [6, 6.07) is 5.74. The van der Waals surface area contributed by atoms with Crippen molar-refractivity contribution in [3.8, 4) is 11.8 Å². The van der Waals surface area contributed by atoms with Gasteiger partial charge in [0, 0.05) is 26.2 Å². The summed E-state index contributed by atoms with van der Waals surface area (Å²) in [5.41, 5.74) is 0.500. The molecule has 0 spiro atoms. The van der Waals surface area contributed by atoms with Gasteiger partial charge in [0.15, 0.2) is 0 Å². The fraction of sp³-hybridized carbons (Fsp3) is 0.741. The van der Waals surface area contributed by atoms with Crippen LogP contribution in [0.3, 0.4) is 0 Å². The molecule has 1 saturated heterocycles. The summed E-state index contributed by atoms with van der Waals surface area (Å²) in [6.45, 7) is 8.16. The van der Waals surface area contributed by atoms with Crippen molar-refractivity contribution < 1.29 is 23.0 Å². The number of rotatable bonds is 13. The first-order valence-corrected chi connectivity index (χ1v) is 14.9. The lowest BCUT2D eigenvalue weighted by molar-refractivity contribution is -0.0648. The lowest BCUT2D eigenvalue weighted by Crippen LogP contribution is -2.44. The van der Waals surface area contributed by atoms with Crippen LogP contribution in [0.15, 0.2) is 17.0 Å². The SMILES string of the molecule is CCN(CC1CCC(N2CCCC2)CC1)C(O)COCCN(C)S(=O)(=O)c1c(C)cc(OC)cc1C#N. The minimum atomic E-state index is -3.89. The molecule has 0 radical (unpaired) electrons. The molecule has 1 aliphatic heterocycles. The predicted octanol–water partition coefficient (Wildman–Crippen LogP) is 2.81. The number of ether oxygens (including phenoxy) is 2. The Morgan fingerprint density at radius 1 is 1.22 bits per heavy atom. The predicted molar refractivity (Wildman–Crippen MR) is 143 cm³/mol. The summed E-state index contributed by atoms with van der Waals surface area (Å²) < 4.78 is 38.4. The van der Waals surface area contributed by atoms with Gasteiger partial charge in [-0.2, -0.15) is 9.57 Å². The Hall–Kier alpha value is -1.74. The minimum Gasteiger partial charge on any atom is -0.497 e. The second-order valence-corrected chi connectivity index (χ2v) is 12.3. The van der Waals surface area contributed by atoms with Crippen LogP contribution in [-0.2, 0) is 14.8 Å². The number of benzene rings is 1. The highest BCUT2D eigenvalue weighted by Crippen LogP contribution is 2.30. The third kappa shape index (κ3) is 7.65. The molecule has 0 amide bonds. The summed E-state index contributed by atoms with van der Waals surface area (Å²) in [5, 5.41) is 20.2. The van der Waals surface area contributed by atoms with Crippen LogP contribution in [0.2, 0.25) is 0 Å². The zero-order valence-corrected chi connectivity index (χ0v) is 23.7. The van der Waals surface area contributed by atoms with E-state index in [1.54, 1.807) is 13.0 Å². The average Bonchev–Trinajstić information content (AvgIpc) is 3.44. The molecule has 3 rings (SSSR count). The van der Waals surface area contributed by atoms with E-state index in [1.807, 2.05) is 13.0 Å². The Morgan fingerprint density at radius 2 is 1.89 bits per heavy atom. The number of aliphatic hydroxyl groups is 1. The molecule has 9 nitrogen and oxygen atoms in total. The number of sulfonamides is 1. The minimum absolute atomic E-state index is 0.0186. The molecular formula is C27H44N4O5S. The van der Waals surface area contributed by atoms with E-state index in [1.165, 1.54) is 76.1 Å². The highest BCUT2D eigenvalue weighted by Gasteiger charge is 2.30. The number of methoxy groups -OCH3 is 1. The molecule has 1 saturated carbocycles. The standard InChI is InChI=1S/C27H44N4O5S/c1-5-30(19-22-8-10-24(11-9-22)31-12-6-7-13-31)26(32)20-36-15-14-29(3)37(33,34)27-21(2)16-25(35-4)17-23(27)18-28/h16-17,22,24,26,32H,5-15,19-20H2,1-4H3. The molecular weight excluding hydrogens is 492 g/mol. The highest BCUT2D eigenvalue weighted by molar-refractivity contribution is 7.89. The van der Waals surface area contributed by atoms with Crippen molar-refractivity contribution in [1.29, 1.82) is 5.26 Å². The van der Waals surface area contributed by atoms with Gasteiger partial charge in [-0.15, -0.1) is 0 Å². The molecule has 2 fully saturated rings. The van der Waals surface area contributed by atoms with Gasteiger partial charge in [-0.1, -0.05) is 6.92 Å². The molecule has 37 heavy (non-hydrogen) atoms. The number of nitriles is 1. The number of nitrogens with zero attached hydrogens (tertiary/aromatic N) is 4. The van der Waals surface area contributed by atoms with E-state index in [0.717, 1.165) is 19.1 Å². The van der Waals surface area contributed by atoms with Crippen molar-refractivity contribution in [1.82, 2.24) is 14.1 Å². The molecule has 2 aliphatic rings. The third-order valence-electron chi connectivity index (χ3n) is 7.88. The van der Waals surface area contributed by atoms with Crippen LogP contribution in [0.25, 0.3) is 0 Å². The van der Waals surface area contributed by atoms with Crippen LogP contribution in [-0.4, -0.2) is 100.0 Å². The summed E-state index contributed by atoms with van der Waals surface area (Å²) >= 11 is 0. The van der Waals surface area contributed by atoms with Gasteiger partial charge in [-0.3, -0.25) is 4.90 Å². The van der Waals surface area contributed by atoms with Gasteiger partial charge < -0.3 is 19.5 Å². The lowest BCUT2D eigenvalue weighted by atomic mass is 9.85. The number of likely N-dealkylation sites (N-methyl/N-ethyl adjacent to an activating group) is 2. The fourth-order valence-electron chi connectivity index (χ4n) is 5.64. The number of aliphatic hydroxyl groups excluding tert-OH is 1. The maximum Gasteiger partial charge on any atom is 0.244 e. The van der Waals surface area contributed by atoms with Crippen LogP contribution >= 0.6 is 0 Å². The first kappa shape index (κ1) is 29.8. The van der Waals surface area contributed by atoms with Gasteiger partial charge >= 0.3 is 0 Å². The number of aryl methyl sites for hydroxylation is 1. The molecule has 1 aliphatic carbocycles. The topological polar surface area (TPSA) is 106 Å². The molecule has 1 aromatic carbocycles. The molecule has 1 N–H and O–H groups in total. The van der Waals surface area contributed by atoms with Crippen molar-refractivity contribution in [2.45, 2.75) is 69.5 Å². The molecule has 1 unspecified atom stereocenters. The van der Waals surface area contributed by atoms with Gasteiger partial charge in [0.05, 0.1) is 25.9 Å². The largest absolute Gasteiger partial charge is 0.497 e. The Labute approximate surface area is 223 Å². The van der Waals surface area contributed by atoms with Crippen LogP contribution in [0.5, 0.6) is 5.75 Å². The van der Waals surface area contributed by atoms with Gasteiger partial charge in [0.2, 0.25) is 10.0 Å². The normalized spacial score (nSPS) is 21.9. The van der Waals surface area contributed by atoms with E-state index in [-0.39, 0.29) is 30.2 Å². The van der Waals surface area contributed by atoms with Crippen molar-refractivity contribution >= 4 is 10.0 Å². The zero-order chi connectivity index (χ0) is 27.0. The number of likely N-dealkylation sites (tertiary alicyclic amines) is 1. The Kier molecular flexibility index (Phi) is 11.2. The number of hydrogen-bond donors (Lipinski definition) is 1. The van der Waals surface area contributed by atoms with E-state index >= 15 is 0 Å². The van der Waals surface area contributed by atoms with Crippen LogP contribution < -0.4 is 4.74 Å². The smallest absolute Gasteiger partial charge is 0.244 e. The van der Waals surface area contributed by atoms with E-state index in [2.05, 4.69) is 9.80 Å². The molecule has 1 heterocycles. The second-order valence-electron chi connectivity index (χ2n) is 10.3. The van der Waals surface area contributed by atoms with Gasteiger partial charge in [-0.05, 0) is 88.7 Å². The third-order valence-corrected chi connectivity index (χ3v) is 9.94. The summed E-state index contributed by atoms with van der Waals surface area (Å²) in [4.78, 5) is 4.70. The summed E-state index contributed by atoms with van der Waals surface area (Å²) in [7, 11) is -0.947. The summed E-state index contributed by atoms with van der Waals surface area (Å²) in [5.74, 6) is 1.03. The Bertz CT molecular complexity index is 1010. The molecule has 10 heteroatoms. The fourth-order valence-corrected chi connectivity index (χ4v) is 7.11. The first-order chi connectivity index (χ1) is 17.7. The average molecular weight is 537 g/mol. The van der Waals surface area contributed by atoms with Crippen molar-refractivity contribution in [2.75, 3.05) is 60.1 Å². The van der Waals surface area contributed by atoms with E-state index in [4.69, 9.17) is 9.47 Å². The van der Waals surface area contributed by atoms with Crippen LogP contribution in [0.4, 0.5) is 0 Å². The molecule has 1 aromatic rings. The van der Waals surface area contributed by atoms with E-state index < -0.39 is 16.3 Å². The van der Waals surface area contributed by atoms with Crippen molar-refractivity contribution in [3.05, 3.63) is 23.3 Å². The van der Waals surface area contributed by atoms with Crippen molar-refractivity contribution in [3.63, 3.8) is 0 Å². The molecule has 0 bridgehead atoms. The maximum atomic E-state index is 13.2. The van der Waals surface area contributed by atoms with E-state index in [0.29, 0.717) is 17.2 Å². The molecule has 1 atom stereocenters. The first-order valence-electron chi connectivity index (χ1n) is 13.5. The second kappa shape index (κ2) is 13.9. The van der Waals surface area contributed by atoms with Gasteiger partial charge in [-0.25, -0.2) is 8.42 Å². The van der Waals surface area contributed by atoms with Crippen molar-refractivity contribution in [2.24, 2.45) is 5.92 Å². The quantitative estimate of drug-likeness (QED) is 0.303. The molecule has 0 aromatic heterocycles. The maximum absolute atomic E-state index is 13.2. The zero-order valence-electron chi connectivity index (χ0n) is 22.9. The monoisotopic (exact) mass is 536 g/mol. The van der Waals surface area contributed by atoms with Gasteiger partial charge in [0.1, 0.15) is 22.9 Å². The van der Waals surface area contributed by atoms with Crippen LogP contribution in [0.1, 0.15) is 56.6 Å². The molecule has 208 valence electrons. The Balaban J connectivity index is 1.45. The summed E-state index contributed by atoms with van der Waals surface area (Å²) in [6.07, 6.45) is 6.83. The number of hydrogen-bond acceptors (Lipinski definition) is 8. The highest BCUT2D eigenvalue weighted by atomic mass is 32.2.